The van der Waals surface area contributed by atoms with E-state index < -0.39 is 5.41 Å². The van der Waals surface area contributed by atoms with Gasteiger partial charge in [-0.05, 0) is 85.0 Å². The van der Waals surface area contributed by atoms with Gasteiger partial charge in [0, 0.05) is 49.5 Å². The standard InChI is InChI=1S/C31H35N9O2/c1-17(35-16-18(2)40-24(15-32)12-23-13-27(23)40)14-31(30-36-38-39-37-30)25-7-5-19(28(41)33-3)9-21(25)11-22-10-20(29(42)34-4)6-8-26(22)31/h5-10,17,23-24,27,35H,2,11-14,16H2,1,3-4H3,(H,33,41)(H,34,42)(H,36,37,38,39)/t17-,23+,24?,27-/m0/s1. The van der Waals surface area contributed by atoms with Gasteiger partial charge < -0.3 is 20.9 Å². The number of nitrogens with one attached hydrogen (secondary N) is 4. The van der Waals surface area contributed by atoms with E-state index in [9.17, 15) is 14.9 Å². The summed E-state index contributed by atoms with van der Waals surface area (Å²) in [4.78, 5) is 27.4. The van der Waals surface area contributed by atoms with Crippen molar-refractivity contribution in [3.05, 3.63) is 87.9 Å². The highest BCUT2D eigenvalue weighted by atomic mass is 16.2. The Labute approximate surface area is 244 Å². The van der Waals surface area contributed by atoms with E-state index in [0.717, 1.165) is 40.8 Å². The average molecular weight is 566 g/mol. The van der Waals surface area contributed by atoms with E-state index in [-0.39, 0.29) is 23.9 Å². The van der Waals surface area contributed by atoms with Crippen molar-refractivity contribution in [2.24, 2.45) is 5.92 Å². The summed E-state index contributed by atoms with van der Waals surface area (Å²) >= 11 is 0. The summed E-state index contributed by atoms with van der Waals surface area (Å²) in [5, 5.41) is 34.3. The van der Waals surface area contributed by atoms with Crippen LogP contribution in [0.15, 0.2) is 48.7 Å². The molecule has 2 aromatic carbocycles. The third-order valence-corrected chi connectivity index (χ3v) is 9.10. The van der Waals surface area contributed by atoms with Gasteiger partial charge in [-0.25, -0.2) is 0 Å². The lowest BCUT2D eigenvalue weighted by Crippen LogP contribution is -2.44. The van der Waals surface area contributed by atoms with Gasteiger partial charge in [0.15, 0.2) is 5.82 Å². The van der Waals surface area contributed by atoms with Gasteiger partial charge in [-0.1, -0.05) is 23.9 Å². The Bertz CT molecular complexity index is 1530. The molecular formula is C31H35N9O2. The summed E-state index contributed by atoms with van der Waals surface area (Å²) in [6.45, 7) is 7.00. The maximum Gasteiger partial charge on any atom is 0.251 e. The second-order valence-electron chi connectivity index (χ2n) is 11.6. The molecule has 1 saturated heterocycles. The lowest BCUT2D eigenvalue weighted by atomic mass is 9.62. The van der Waals surface area contributed by atoms with Crippen LogP contribution in [-0.2, 0) is 11.8 Å². The molecule has 0 bridgehead atoms. The Morgan fingerprint density at radius 2 is 1.76 bits per heavy atom. The molecule has 6 rings (SSSR count). The molecule has 4 atom stereocenters. The Balaban J connectivity index is 1.39. The van der Waals surface area contributed by atoms with Crippen LogP contribution in [0.1, 0.15) is 75.0 Å². The third kappa shape index (κ3) is 4.52. The fraction of sp³-hybridized carbons (Fsp3) is 0.419. The van der Waals surface area contributed by atoms with E-state index in [0.29, 0.717) is 48.3 Å². The summed E-state index contributed by atoms with van der Waals surface area (Å²) in [7, 11) is 3.23. The first-order valence-corrected chi connectivity index (χ1v) is 14.3. The van der Waals surface area contributed by atoms with Crippen LogP contribution in [0, 0.1) is 17.2 Å². The minimum Gasteiger partial charge on any atom is -0.355 e. The largest absolute Gasteiger partial charge is 0.355 e. The second kappa shape index (κ2) is 10.7. The quantitative estimate of drug-likeness (QED) is 0.308. The van der Waals surface area contributed by atoms with Crippen molar-refractivity contribution in [1.82, 2.24) is 41.5 Å². The van der Waals surface area contributed by atoms with Crippen LogP contribution in [0.25, 0.3) is 0 Å². The fourth-order valence-electron chi connectivity index (χ4n) is 7.07. The minimum atomic E-state index is -0.809. The number of rotatable bonds is 9. The molecule has 1 aliphatic heterocycles. The Kier molecular flexibility index (Phi) is 7.02. The minimum absolute atomic E-state index is 0.0329. The summed E-state index contributed by atoms with van der Waals surface area (Å²) in [6.07, 6.45) is 3.18. The van der Waals surface area contributed by atoms with Crippen LogP contribution in [0.3, 0.4) is 0 Å². The molecule has 2 aliphatic carbocycles. The van der Waals surface area contributed by atoms with Crippen molar-refractivity contribution in [2.45, 2.75) is 56.1 Å². The van der Waals surface area contributed by atoms with E-state index in [1.54, 1.807) is 14.1 Å². The van der Waals surface area contributed by atoms with Gasteiger partial charge in [0.1, 0.15) is 6.04 Å². The summed E-state index contributed by atoms with van der Waals surface area (Å²) in [5.41, 5.74) is 5.16. The van der Waals surface area contributed by atoms with Crippen molar-refractivity contribution < 1.29 is 9.59 Å². The average Bonchev–Trinajstić information content (AvgIpc) is 3.37. The topological polar surface area (TPSA) is 152 Å². The first-order valence-electron chi connectivity index (χ1n) is 14.3. The number of carbonyl (C=O) groups is 2. The smallest absolute Gasteiger partial charge is 0.251 e. The number of piperidine rings is 1. The number of hydrogen-bond acceptors (Lipinski definition) is 8. The number of nitriles is 1. The van der Waals surface area contributed by atoms with Crippen molar-refractivity contribution in [3.63, 3.8) is 0 Å². The van der Waals surface area contributed by atoms with Crippen molar-refractivity contribution >= 4 is 11.8 Å². The molecule has 3 aliphatic rings. The van der Waals surface area contributed by atoms with Gasteiger partial charge in [-0.2, -0.15) is 10.5 Å². The number of tetrazole rings is 1. The number of hydrogen-bond donors (Lipinski definition) is 4. The summed E-state index contributed by atoms with van der Waals surface area (Å²) < 4.78 is 0. The highest BCUT2D eigenvalue weighted by Gasteiger charge is 2.52. The molecule has 2 heterocycles. The van der Waals surface area contributed by atoms with Crippen molar-refractivity contribution in [1.29, 1.82) is 5.26 Å². The summed E-state index contributed by atoms with van der Waals surface area (Å²) in [6, 6.07) is 14.2. The molecule has 0 radical (unpaired) electrons. The van der Waals surface area contributed by atoms with Gasteiger partial charge in [0.05, 0.1) is 11.5 Å². The SMILES string of the molecule is C=C(CN[C@@H](C)CC1(c2nn[nH]n2)c2ccc(C(=O)NC)cc2Cc2cc(C(=O)NC)ccc21)N1C(C#N)C[C@@H]2C[C@@H]21. The van der Waals surface area contributed by atoms with Crippen LogP contribution >= 0.6 is 0 Å². The molecule has 3 aromatic rings. The van der Waals surface area contributed by atoms with E-state index in [1.807, 2.05) is 36.4 Å². The molecule has 2 fully saturated rings. The number of likely N-dealkylation sites (tertiary alicyclic amines) is 1. The molecule has 4 N–H and O–H groups in total. The van der Waals surface area contributed by atoms with Crippen LogP contribution in [0.2, 0.25) is 0 Å². The maximum atomic E-state index is 12.6. The van der Waals surface area contributed by atoms with E-state index in [2.05, 4.69) is 61.0 Å². The monoisotopic (exact) mass is 565 g/mol. The van der Waals surface area contributed by atoms with Crippen molar-refractivity contribution in [3.8, 4) is 6.07 Å². The molecule has 11 heteroatoms. The highest BCUT2D eigenvalue weighted by molar-refractivity contribution is 5.95. The molecule has 11 nitrogen and oxygen atoms in total. The van der Waals surface area contributed by atoms with Crippen molar-refractivity contribution in [2.75, 3.05) is 20.6 Å². The Morgan fingerprint density at radius 1 is 1.12 bits per heavy atom. The van der Waals surface area contributed by atoms with Gasteiger partial charge in [-0.3, -0.25) is 9.59 Å². The zero-order valence-electron chi connectivity index (χ0n) is 24.1. The van der Waals surface area contributed by atoms with Gasteiger partial charge >= 0.3 is 0 Å². The van der Waals surface area contributed by atoms with E-state index in [4.69, 9.17) is 0 Å². The zero-order chi connectivity index (χ0) is 29.6. The molecule has 1 unspecified atom stereocenters. The molecule has 216 valence electrons. The van der Waals surface area contributed by atoms with Crippen LogP contribution < -0.4 is 16.0 Å². The van der Waals surface area contributed by atoms with E-state index in [1.165, 1.54) is 0 Å². The predicted octanol–water partition coefficient (Wildman–Crippen LogP) is 2.03. The van der Waals surface area contributed by atoms with Crippen LogP contribution in [0.5, 0.6) is 0 Å². The Hall–Kier alpha value is -4.56. The Morgan fingerprint density at radius 3 is 2.31 bits per heavy atom. The number of aromatic nitrogens is 4. The first-order chi connectivity index (χ1) is 20.3. The number of aromatic amines is 1. The van der Waals surface area contributed by atoms with Gasteiger partial charge in [0.25, 0.3) is 11.8 Å². The number of H-pyrrole nitrogens is 1. The number of fused-ring (bicyclic) bond motifs is 3. The number of benzene rings is 2. The van der Waals surface area contributed by atoms with Crippen LogP contribution in [0.4, 0.5) is 0 Å². The van der Waals surface area contributed by atoms with E-state index >= 15 is 0 Å². The lowest BCUT2D eigenvalue weighted by Gasteiger charge is -2.41. The molecular weight excluding hydrogens is 530 g/mol. The maximum absolute atomic E-state index is 12.6. The molecule has 42 heavy (non-hydrogen) atoms. The number of nitrogens with zero attached hydrogens (tertiary/aromatic N) is 5. The fourth-order valence-corrected chi connectivity index (χ4v) is 7.07. The van der Waals surface area contributed by atoms with Gasteiger partial charge in [-0.15, -0.1) is 10.2 Å². The van der Waals surface area contributed by atoms with Gasteiger partial charge in [0.2, 0.25) is 0 Å². The normalized spacial score (nSPS) is 21.8. The second-order valence-corrected chi connectivity index (χ2v) is 11.6. The van der Waals surface area contributed by atoms with Crippen LogP contribution in [-0.4, -0.2) is 76.1 Å². The lowest BCUT2D eigenvalue weighted by molar-refractivity contribution is 0.0955. The molecule has 1 aromatic heterocycles. The molecule has 1 saturated carbocycles. The predicted molar refractivity (Wildman–Crippen MR) is 156 cm³/mol. The third-order valence-electron chi connectivity index (χ3n) is 9.10. The first kappa shape index (κ1) is 27.6. The summed E-state index contributed by atoms with van der Waals surface area (Å²) in [5.74, 6) is 0.788. The number of amides is 2. The number of carbonyl (C=O) groups excluding carboxylic acids is 2. The molecule has 0 spiro atoms. The zero-order valence-corrected chi connectivity index (χ0v) is 24.1. The molecule has 2 amide bonds. The highest BCUT2D eigenvalue weighted by Crippen LogP contribution is 2.50.